The average Bonchev–Trinajstić information content (AvgIpc) is 3.48. The van der Waals surface area contributed by atoms with Crippen LogP contribution < -0.4 is 10.6 Å². The number of hydrogen-bond acceptors (Lipinski definition) is 9. The van der Waals surface area contributed by atoms with Gasteiger partial charge in [0.2, 0.25) is 11.8 Å². The zero-order valence-electron chi connectivity index (χ0n) is 29.3. The fraction of sp³-hybridized carbons (Fsp3) is 0.647. The first-order valence-corrected chi connectivity index (χ1v) is 17.6. The second-order valence-corrected chi connectivity index (χ2v) is 14.9. The Kier molecular flexibility index (Phi) is 13.7. The second-order valence-electron chi connectivity index (χ2n) is 13.9. The fourth-order valence-electron chi connectivity index (χ4n) is 5.47. The summed E-state index contributed by atoms with van der Waals surface area (Å²) in [5, 5.41) is 5.71. The summed E-state index contributed by atoms with van der Waals surface area (Å²) in [5.41, 5.74) is 0.0862. The monoisotopic (exact) mass is 689 g/mol. The van der Waals surface area contributed by atoms with Gasteiger partial charge >= 0.3 is 18.1 Å². The van der Waals surface area contributed by atoms with Crippen LogP contribution in [0.15, 0.2) is 30.3 Å². The van der Waals surface area contributed by atoms with E-state index in [2.05, 4.69) is 10.6 Å². The number of nitrogens with zero attached hydrogens (tertiary/aromatic N) is 3. The first kappa shape index (κ1) is 38.6. The summed E-state index contributed by atoms with van der Waals surface area (Å²) in [4.78, 5) is 83.7. The van der Waals surface area contributed by atoms with Gasteiger partial charge in [0.25, 0.3) is 5.78 Å². The SMILES string of the molecule is CC(C)OC(=O)C(=O)[C@H](Cc1ccccc1)C(=O)N[C@H]1CSCN1C(=O)[C@@H](NC(=O)N1CCC(N(C)C(=O)OC(C)(C)C)CC1)C(C)C. The summed E-state index contributed by atoms with van der Waals surface area (Å²) in [5.74, 6) is -4.05. The van der Waals surface area contributed by atoms with E-state index in [4.69, 9.17) is 9.47 Å². The van der Waals surface area contributed by atoms with Gasteiger partial charge in [-0.3, -0.25) is 14.4 Å². The summed E-state index contributed by atoms with van der Waals surface area (Å²) < 4.78 is 10.6. The molecule has 2 fully saturated rings. The zero-order chi connectivity index (χ0) is 35.8. The molecule has 2 saturated heterocycles. The maximum atomic E-state index is 13.9. The highest BCUT2D eigenvalue weighted by Gasteiger charge is 2.40. The molecule has 0 saturated carbocycles. The van der Waals surface area contributed by atoms with Crippen molar-refractivity contribution in [2.75, 3.05) is 31.8 Å². The van der Waals surface area contributed by atoms with E-state index in [1.54, 1.807) is 55.0 Å². The molecule has 2 aliphatic heterocycles. The molecule has 13 nitrogen and oxygen atoms in total. The maximum absolute atomic E-state index is 13.9. The van der Waals surface area contributed by atoms with E-state index in [1.165, 1.54) is 16.7 Å². The number of nitrogens with one attached hydrogen (secondary N) is 2. The number of ketones is 1. The molecular formula is C34H51N5O8S. The van der Waals surface area contributed by atoms with E-state index in [9.17, 15) is 28.8 Å². The normalized spacial score (nSPS) is 18.2. The van der Waals surface area contributed by atoms with Crippen molar-refractivity contribution in [3.8, 4) is 0 Å². The molecule has 2 heterocycles. The Morgan fingerprint density at radius 2 is 1.62 bits per heavy atom. The van der Waals surface area contributed by atoms with Crippen LogP contribution in [-0.2, 0) is 35.1 Å². The molecule has 5 amide bonds. The van der Waals surface area contributed by atoms with Gasteiger partial charge in [0.1, 0.15) is 23.7 Å². The predicted molar refractivity (Wildman–Crippen MR) is 182 cm³/mol. The van der Waals surface area contributed by atoms with Gasteiger partial charge in [-0.25, -0.2) is 14.4 Å². The topological polar surface area (TPSA) is 155 Å². The molecule has 0 aliphatic carbocycles. The minimum Gasteiger partial charge on any atom is -0.457 e. The molecule has 14 heteroatoms. The van der Waals surface area contributed by atoms with Gasteiger partial charge in [0, 0.05) is 31.9 Å². The third-order valence-electron chi connectivity index (χ3n) is 8.13. The summed E-state index contributed by atoms with van der Waals surface area (Å²) in [6.45, 7) is 13.1. The van der Waals surface area contributed by atoms with E-state index >= 15 is 0 Å². The number of Topliss-reactive ketones (excluding diaryl/α,β-unsaturated/α-hetero) is 1. The van der Waals surface area contributed by atoms with Crippen LogP contribution in [0.3, 0.4) is 0 Å². The largest absolute Gasteiger partial charge is 0.457 e. The smallest absolute Gasteiger partial charge is 0.410 e. The Hall–Kier alpha value is -3.81. The number of piperidine rings is 1. The zero-order valence-corrected chi connectivity index (χ0v) is 30.1. The van der Waals surface area contributed by atoms with E-state index in [1.807, 2.05) is 40.7 Å². The average molecular weight is 690 g/mol. The number of likely N-dealkylation sites (tertiary alicyclic amines) is 1. The molecule has 0 unspecified atom stereocenters. The first-order valence-electron chi connectivity index (χ1n) is 16.5. The number of benzene rings is 1. The number of urea groups is 1. The molecule has 48 heavy (non-hydrogen) atoms. The number of hydrogen-bond donors (Lipinski definition) is 2. The Bertz CT molecular complexity index is 1310. The number of rotatable bonds is 11. The minimum absolute atomic E-state index is 0.0125. The van der Waals surface area contributed by atoms with Gasteiger partial charge in [-0.1, -0.05) is 44.2 Å². The van der Waals surface area contributed by atoms with Crippen LogP contribution >= 0.6 is 11.8 Å². The fourth-order valence-corrected chi connectivity index (χ4v) is 6.56. The number of esters is 1. The predicted octanol–water partition coefficient (Wildman–Crippen LogP) is 3.41. The molecule has 2 N–H and O–H groups in total. The Morgan fingerprint density at radius 3 is 2.19 bits per heavy atom. The van der Waals surface area contributed by atoms with Crippen LogP contribution in [0.25, 0.3) is 0 Å². The van der Waals surface area contributed by atoms with E-state index in [0.29, 0.717) is 37.2 Å². The molecule has 266 valence electrons. The molecule has 0 radical (unpaired) electrons. The molecule has 3 rings (SSSR count). The van der Waals surface area contributed by atoms with Crippen molar-refractivity contribution in [1.82, 2.24) is 25.3 Å². The van der Waals surface area contributed by atoms with Gasteiger partial charge in [-0.05, 0) is 65.4 Å². The van der Waals surface area contributed by atoms with Crippen molar-refractivity contribution in [2.45, 2.75) is 97.7 Å². The molecule has 2 aliphatic rings. The van der Waals surface area contributed by atoms with Crippen molar-refractivity contribution >= 4 is 47.5 Å². The van der Waals surface area contributed by atoms with Crippen molar-refractivity contribution in [1.29, 1.82) is 0 Å². The van der Waals surface area contributed by atoms with Crippen LogP contribution in [0.4, 0.5) is 9.59 Å². The molecule has 0 aromatic heterocycles. The second kappa shape index (κ2) is 17.0. The van der Waals surface area contributed by atoms with Crippen LogP contribution in [0.1, 0.15) is 66.9 Å². The third-order valence-corrected chi connectivity index (χ3v) is 9.14. The summed E-state index contributed by atoms with van der Waals surface area (Å²) >= 11 is 1.43. The lowest BCUT2D eigenvalue weighted by atomic mass is 9.94. The van der Waals surface area contributed by atoms with E-state index in [-0.39, 0.29) is 36.2 Å². The minimum atomic E-state index is -1.35. The number of carbonyl (C=O) groups is 6. The van der Waals surface area contributed by atoms with Gasteiger partial charge < -0.3 is 34.8 Å². The van der Waals surface area contributed by atoms with Crippen LogP contribution in [0.2, 0.25) is 0 Å². The van der Waals surface area contributed by atoms with Crippen molar-refractivity contribution in [2.24, 2.45) is 11.8 Å². The molecule has 1 aromatic carbocycles. The Labute approximate surface area is 287 Å². The van der Waals surface area contributed by atoms with Crippen molar-refractivity contribution < 1.29 is 38.2 Å². The highest BCUT2D eigenvalue weighted by Crippen LogP contribution is 2.24. The number of thioether (sulfide) groups is 1. The number of ether oxygens (including phenoxy) is 2. The van der Waals surface area contributed by atoms with Crippen molar-refractivity contribution in [3.63, 3.8) is 0 Å². The highest BCUT2D eigenvalue weighted by atomic mass is 32.2. The summed E-state index contributed by atoms with van der Waals surface area (Å²) in [6, 6.07) is 7.55. The quantitative estimate of drug-likeness (QED) is 0.202. The number of carbonyl (C=O) groups excluding carboxylic acids is 6. The summed E-state index contributed by atoms with van der Waals surface area (Å²) in [6.07, 6.45) is -0.579. The standard InChI is InChI=1S/C34H51N5O8S/c1-21(2)27(36-32(44)38-16-14-24(15-17-38)37(8)33(45)47-34(5,6)7)30(42)39-20-48-19-26(39)35-29(41)25(18-23-12-10-9-11-13-23)28(40)31(43)46-22(3)4/h9-13,21-22,24-27H,14-20H2,1-8H3,(H,35,41)(H,36,44)/t25-,26+,27-/m0/s1. The van der Waals surface area contributed by atoms with E-state index in [0.717, 1.165) is 0 Å². The lowest BCUT2D eigenvalue weighted by Crippen LogP contribution is -2.59. The van der Waals surface area contributed by atoms with Crippen LogP contribution in [-0.4, -0.2) is 112 Å². The Balaban J connectivity index is 1.65. The summed E-state index contributed by atoms with van der Waals surface area (Å²) in [7, 11) is 1.70. The van der Waals surface area contributed by atoms with Gasteiger partial charge in [-0.15, -0.1) is 11.8 Å². The molecule has 0 spiro atoms. The van der Waals surface area contributed by atoms with Crippen LogP contribution in [0.5, 0.6) is 0 Å². The van der Waals surface area contributed by atoms with E-state index < -0.39 is 53.6 Å². The third kappa shape index (κ3) is 10.9. The lowest BCUT2D eigenvalue weighted by Gasteiger charge is -2.38. The van der Waals surface area contributed by atoms with Crippen molar-refractivity contribution in [3.05, 3.63) is 35.9 Å². The van der Waals surface area contributed by atoms with Gasteiger partial charge in [0.05, 0.1) is 12.0 Å². The Morgan fingerprint density at radius 1 is 1.00 bits per heavy atom. The first-order chi connectivity index (χ1) is 22.5. The van der Waals surface area contributed by atoms with Gasteiger partial charge in [-0.2, -0.15) is 0 Å². The molecule has 0 bridgehead atoms. The van der Waals surface area contributed by atoms with Crippen LogP contribution in [0, 0.1) is 11.8 Å². The lowest BCUT2D eigenvalue weighted by molar-refractivity contribution is -0.160. The maximum Gasteiger partial charge on any atom is 0.410 e. The number of amides is 5. The molecular weight excluding hydrogens is 638 g/mol. The molecule has 1 aromatic rings. The highest BCUT2D eigenvalue weighted by molar-refractivity contribution is 7.99. The van der Waals surface area contributed by atoms with Gasteiger partial charge in [0.15, 0.2) is 0 Å². The molecule has 3 atom stereocenters.